The van der Waals surface area contributed by atoms with E-state index in [-0.39, 0.29) is 5.41 Å². The third kappa shape index (κ3) is 5.20. The maximum Gasteiger partial charge on any atom is 0.143 e. The van der Waals surface area contributed by atoms with E-state index in [4.69, 9.17) is 4.42 Å². The van der Waals surface area contributed by atoms with Gasteiger partial charge in [-0.05, 0) is 108 Å². The van der Waals surface area contributed by atoms with Gasteiger partial charge in [0.25, 0.3) is 0 Å². The average molecular weight is 648 g/mol. The lowest BCUT2D eigenvalue weighted by molar-refractivity contribution is 0.659. The summed E-state index contributed by atoms with van der Waals surface area (Å²) in [6, 6.07) is 44.1. The van der Waals surface area contributed by atoms with E-state index < -0.39 is 0 Å². The number of fused-ring (bicyclic) bond motifs is 6. The fourth-order valence-electron chi connectivity index (χ4n) is 7.95. The molecule has 0 amide bonds. The summed E-state index contributed by atoms with van der Waals surface area (Å²) in [4.78, 5) is 2.33. The van der Waals surface area contributed by atoms with Crippen LogP contribution in [0.15, 0.2) is 162 Å². The number of hydrogen-bond donors (Lipinski definition) is 0. The summed E-state index contributed by atoms with van der Waals surface area (Å²) < 4.78 is 6.44. The van der Waals surface area contributed by atoms with Crippen molar-refractivity contribution in [1.29, 1.82) is 0 Å². The largest absolute Gasteiger partial charge is 0.455 e. The maximum absolute atomic E-state index is 6.44. The summed E-state index contributed by atoms with van der Waals surface area (Å²) in [5, 5.41) is 2.26. The molecule has 0 aliphatic heterocycles. The first-order chi connectivity index (χ1) is 24.2. The first-order valence-corrected chi connectivity index (χ1v) is 17.4. The Balaban J connectivity index is 1.24. The highest BCUT2D eigenvalue weighted by Gasteiger charge is 2.36. The topological polar surface area (TPSA) is 16.4 Å². The van der Waals surface area contributed by atoms with Crippen molar-refractivity contribution in [3.05, 3.63) is 180 Å². The van der Waals surface area contributed by atoms with Crippen LogP contribution in [0.2, 0.25) is 0 Å². The van der Waals surface area contributed by atoms with Crippen molar-refractivity contribution in [1.82, 2.24) is 0 Å². The monoisotopic (exact) mass is 647 g/mol. The van der Waals surface area contributed by atoms with Crippen LogP contribution >= 0.6 is 0 Å². The number of nitrogens with zero attached hydrogens (tertiary/aromatic N) is 1. The van der Waals surface area contributed by atoms with Gasteiger partial charge in [-0.3, -0.25) is 0 Å². The van der Waals surface area contributed by atoms with Crippen molar-refractivity contribution < 1.29 is 4.42 Å². The minimum absolute atomic E-state index is 0.0306. The van der Waals surface area contributed by atoms with Gasteiger partial charge in [0.15, 0.2) is 0 Å². The Morgan fingerprint density at radius 1 is 0.660 bits per heavy atom. The number of allylic oxidation sites excluding steroid dienone is 5. The van der Waals surface area contributed by atoms with Crippen molar-refractivity contribution in [3.8, 4) is 33.4 Å². The molecule has 8 rings (SSSR count). The van der Waals surface area contributed by atoms with Crippen molar-refractivity contribution in [2.75, 3.05) is 4.90 Å². The summed E-state index contributed by atoms with van der Waals surface area (Å²) in [6.07, 6.45) is 7.95. The first kappa shape index (κ1) is 31.4. The van der Waals surface area contributed by atoms with E-state index in [2.05, 4.69) is 161 Å². The fourth-order valence-corrected chi connectivity index (χ4v) is 7.95. The van der Waals surface area contributed by atoms with E-state index in [1.807, 2.05) is 24.3 Å². The predicted molar refractivity (Wildman–Crippen MR) is 213 cm³/mol. The second-order valence-corrected chi connectivity index (χ2v) is 14.0. The van der Waals surface area contributed by atoms with E-state index in [1.165, 1.54) is 44.5 Å². The summed E-state index contributed by atoms with van der Waals surface area (Å²) in [6.45, 7) is 15.2. The molecule has 50 heavy (non-hydrogen) atoms. The number of para-hydroxylation sites is 2. The molecule has 0 spiro atoms. The van der Waals surface area contributed by atoms with Crippen molar-refractivity contribution in [3.63, 3.8) is 0 Å². The number of rotatable bonds is 7. The van der Waals surface area contributed by atoms with Crippen LogP contribution in [0, 0.1) is 13.8 Å². The highest BCUT2D eigenvalue weighted by Crippen LogP contribution is 2.51. The lowest BCUT2D eigenvalue weighted by Gasteiger charge is -2.27. The standard InChI is InChI=1S/C48H41NO/c1-7-8-9-15-33(4)49(38-19-13-17-36(29-38)39-21-14-22-41-40-20-10-11-23-45(40)50-47(39)41)37-18-12-16-34(28-37)35-24-25-43-42(30-35)46-32(3)26-31(2)27-44(46)48(43,5)6/h7-30H,1H2,2-6H3/b9-8-,33-15+. The molecular weight excluding hydrogens is 607 g/mol. The zero-order valence-electron chi connectivity index (χ0n) is 29.4. The Morgan fingerprint density at radius 3 is 2.16 bits per heavy atom. The number of aryl methyl sites for hydroxylation is 2. The molecule has 6 aromatic carbocycles. The molecule has 0 unspecified atom stereocenters. The molecule has 0 saturated heterocycles. The third-order valence-corrected chi connectivity index (χ3v) is 10.3. The minimum Gasteiger partial charge on any atom is -0.455 e. The van der Waals surface area contributed by atoms with Crippen LogP contribution in [0.5, 0.6) is 0 Å². The number of furan rings is 1. The third-order valence-electron chi connectivity index (χ3n) is 10.3. The van der Waals surface area contributed by atoms with Gasteiger partial charge >= 0.3 is 0 Å². The maximum atomic E-state index is 6.44. The molecule has 0 atom stereocenters. The summed E-state index contributed by atoms with van der Waals surface area (Å²) in [7, 11) is 0. The molecule has 1 aromatic heterocycles. The first-order valence-electron chi connectivity index (χ1n) is 17.4. The van der Waals surface area contributed by atoms with Crippen LogP contribution in [0.25, 0.3) is 55.3 Å². The molecule has 2 nitrogen and oxygen atoms in total. The van der Waals surface area contributed by atoms with Gasteiger partial charge < -0.3 is 9.32 Å². The molecule has 0 radical (unpaired) electrons. The number of hydrogen-bond acceptors (Lipinski definition) is 2. The van der Waals surface area contributed by atoms with Crippen LogP contribution in [0.1, 0.15) is 43.0 Å². The summed E-state index contributed by atoms with van der Waals surface area (Å²) in [5.41, 5.74) is 17.8. The highest BCUT2D eigenvalue weighted by atomic mass is 16.3. The van der Waals surface area contributed by atoms with Crippen LogP contribution < -0.4 is 4.90 Å². The molecule has 2 heteroatoms. The van der Waals surface area contributed by atoms with Crippen LogP contribution in [0.4, 0.5) is 11.4 Å². The predicted octanol–water partition coefficient (Wildman–Crippen LogP) is 13.6. The number of benzene rings is 6. The Morgan fingerprint density at radius 2 is 1.36 bits per heavy atom. The van der Waals surface area contributed by atoms with E-state index in [0.717, 1.165) is 50.1 Å². The molecule has 7 aromatic rings. The smallest absolute Gasteiger partial charge is 0.143 e. The zero-order valence-corrected chi connectivity index (χ0v) is 29.4. The van der Waals surface area contributed by atoms with Gasteiger partial charge in [0.1, 0.15) is 11.2 Å². The van der Waals surface area contributed by atoms with Gasteiger partial charge in [0.2, 0.25) is 0 Å². The van der Waals surface area contributed by atoms with Crippen LogP contribution in [-0.4, -0.2) is 0 Å². The second-order valence-electron chi connectivity index (χ2n) is 14.0. The normalized spacial score (nSPS) is 13.6. The molecule has 0 saturated carbocycles. The molecule has 1 aliphatic carbocycles. The van der Waals surface area contributed by atoms with Crippen molar-refractivity contribution in [2.45, 2.75) is 40.0 Å². The SMILES string of the molecule is C=C/C=C\C=C(/C)N(c1cccc(-c2ccc3c(c2)-c2c(C)cc(C)cc2C3(C)C)c1)c1cccc(-c2cccc3c2oc2ccccc23)c1. The van der Waals surface area contributed by atoms with Gasteiger partial charge in [0, 0.05) is 38.8 Å². The van der Waals surface area contributed by atoms with Gasteiger partial charge in [0.05, 0.1) is 0 Å². The highest BCUT2D eigenvalue weighted by molar-refractivity contribution is 6.09. The Bertz CT molecular complexity index is 2520. The molecule has 0 N–H and O–H groups in total. The van der Waals surface area contributed by atoms with E-state index in [9.17, 15) is 0 Å². The van der Waals surface area contributed by atoms with Crippen molar-refractivity contribution >= 4 is 33.3 Å². The van der Waals surface area contributed by atoms with Gasteiger partial charge in [-0.1, -0.05) is 129 Å². The molecule has 1 aliphatic rings. The molecule has 0 fully saturated rings. The van der Waals surface area contributed by atoms with Gasteiger partial charge in [-0.2, -0.15) is 0 Å². The van der Waals surface area contributed by atoms with E-state index in [1.54, 1.807) is 6.08 Å². The van der Waals surface area contributed by atoms with Crippen molar-refractivity contribution in [2.24, 2.45) is 0 Å². The number of anilines is 2. The fraction of sp³-hybridized carbons (Fsp3) is 0.125. The van der Waals surface area contributed by atoms with Crippen LogP contribution in [0.3, 0.4) is 0 Å². The Hall–Kier alpha value is -5.86. The average Bonchev–Trinajstić information content (AvgIpc) is 3.61. The lowest BCUT2D eigenvalue weighted by atomic mass is 9.81. The summed E-state index contributed by atoms with van der Waals surface area (Å²) in [5.74, 6) is 0. The van der Waals surface area contributed by atoms with Gasteiger partial charge in [-0.15, -0.1) is 0 Å². The molecule has 0 bridgehead atoms. The minimum atomic E-state index is -0.0306. The second kappa shape index (κ2) is 12.2. The van der Waals surface area contributed by atoms with E-state index >= 15 is 0 Å². The Kier molecular flexibility index (Phi) is 7.68. The van der Waals surface area contributed by atoms with E-state index in [0.29, 0.717) is 0 Å². The van der Waals surface area contributed by atoms with Gasteiger partial charge in [-0.25, -0.2) is 0 Å². The molecule has 1 heterocycles. The lowest BCUT2D eigenvalue weighted by Crippen LogP contribution is -2.15. The molecular formula is C48H41NO. The quantitative estimate of drug-likeness (QED) is 0.160. The Labute approximate surface area is 295 Å². The summed E-state index contributed by atoms with van der Waals surface area (Å²) >= 11 is 0. The van der Waals surface area contributed by atoms with Crippen LogP contribution in [-0.2, 0) is 5.41 Å². The zero-order chi connectivity index (χ0) is 34.6. The molecule has 244 valence electrons.